The number of unbranched alkanes of at least 4 members (excludes halogenated alkanes) is 7. The van der Waals surface area contributed by atoms with Gasteiger partial charge in [-0.25, -0.2) is 0 Å². The molecular formula is C42H44S2. The zero-order valence-corrected chi connectivity index (χ0v) is 28.1. The van der Waals surface area contributed by atoms with Gasteiger partial charge < -0.3 is 0 Å². The first-order valence-corrected chi connectivity index (χ1v) is 18.6. The molecule has 5 aromatic rings. The molecule has 0 amide bonds. The van der Waals surface area contributed by atoms with Crippen LogP contribution < -0.4 is 0 Å². The van der Waals surface area contributed by atoms with Gasteiger partial charge in [-0.3, -0.25) is 0 Å². The van der Waals surface area contributed by atoms with E-state index in [9.17, 15) is 0 Å². The minimum Gasteiger partial charge on any atom is -0.129 e. The summed E-state index contributed by atoms with van der Waals surface area (Å²) in [6.45, 7) is 2.29. The second-order valence-corrected chi connectivity index (χ2v) is 13.3. The minimum absolute atomic E-state index is 1.04. The average Bonchev–Trinajstić information content (AvgIpc) is 3.07. The van der Waals surface area contributed by atoms with Crippen LogP contribution in [0.4, 0.5) is 0 Å². The zero-order chi connectivity index (χ0) is 30.6. The van der Waals surface area contributed by atoms with Gasteiger partial charge in [-0.05, 0) is 112 Å². The van der Waals surface area contributed by atoms with Gasteiger partial charge in [0.05, 0.1) is 0 Å². The maximum Gasteiger partial charge on any atom is 0.0255 e. The van der Waals surface area contributed by atoms with Crippen molar-refractivity contribution in [2.75, 3.05) is 12.5 Å². The van der Waals surface area contributed by atoms with E-state index in [1.165, 1.54) is 106 Å². The summed E-state index contributed by atoms with van der Waals surface area (Å²) in [5, 5.41) is 5.13. The van der Waals surface area contributed by atoms with Crippen molar-refractivity contribution < 1.29 is 0 Å². The van der Waals surface area contributed by atoms with Crippen molar-refractivity contribution in [3.63, 3.8) is 0 Å². The lowest BCUT2D eigenvalue weighted by Crippen LogP contribution is -1.89. The van der Waals surface area contributed by atoms with Crippen LogP contribution in [0.3, 0.4) is 0 Å². The highest BCUT2D eigenvalue weighted by Gasteiger charge is 2.07. The molecule has 5 rings (SSSR count). The van der Waals surface area contributed by atoms with Gasteiger partial charge in [-0.15, -0.1) is 23.5 Å². The molecule has 0 heterocycles. The van der Waals surface area contributed by atoms with E-state index in [1.807, 2.05) is 42.1 Å². The predicted molar refractivity (Wildman–Crippen MR) is 199 cm³/mol. The number of hydrogen-bond acceptors (Lipinski definition) is 2. The number of aryl methyl sites for hydroxylation is 1. The monoisotopic (exact) mass is 612 g/mol. The van der Waals surface area contributed by atoms with Crippen molar-refractivity contribution in [2.45, 2.75) is 74.5 Å². The Morgan fingerprint density at radius 2 is 1.09 bits per heavy atom. The van der Waals surface area contributed by atoms with E-state index in [0.717, 1.165) is 11.1 Å². The lowest BCUT2D eigenvalue weighted by molar-refractivity contribution is 0.575. The van der Waals surface area contributed by atoms with Crippen molar-refractivity contribution in [1.82, 2.24) is 0 Å². The van der Waals surface area contributed by atoms with Gasteiger partial charge in [0.25, 0.3) is 0 Å². The Bertz CT molecular complexity index is 1770. The molecule has 0 spiro atoms. The van der Waals surface area contributed by atoms with Crippen LogP contribution in [0.25, 0.3) is 33.7 Å². The van der Waals surface area contributed by atoms with E-state index in [4.69, 9.17) is 0 Å². The van der Waals surface area contributed by atoms with Gasteiger partial charge in [-0.2, -0.15) is 0 Å². The van der Waals surface area contributed by atoms with Crippen LogP contribution in [0.2, 0.25) is 0 Å². The Kier molecular flexibility index (Phi) is 12.1. The molecule has 0 bridgehead atoms. The van der Waals surface area contributed by atoms with Crippen LogP contribution in [0.15, 0.2) is 101 Å². The Morgan fingerprint density at radius 3 is 1.73 bits per heavy atom. The Hall–Kier alpha value is -3.38. The van der Waals surface area contributed by atoms with E-state index >= 15 is 0 Å². The first-order chi connectivity index (χ1) is 21.7. The molecule has 0 N–H and O–H groups in total. The van der Waals surface area contributed by atoms with E-state index in [1.54, 1.807) is 11.8 Å². The van der Waals surface area contributed by atoms with Gasteiger partial charge in [0.15, 0.2) is 0 Å². The molecule has 0 aliphatic rings. The Labute approximate surface area is 273 Å². The summed E-state index contributed by atoms with van der Waals surface area (Å²) in [5.41, 5.74) is 6.07. The Morgan fingerprint density at radius 1 is 0.523 bits per heavy atom. The third kappa shape index (κ3) is 8.84. The number of rotatable bonds is 13. The van der Waals surface area contributed by atoms with Crippen molar-refractivity contribution in [1.29, 1.82) is 0 Å². The summed E-state index contributed by atoms with van der Waals surface area (Å²) >= 11 is 3.63. The van der Waals surface area contributed by atoms with Crippen molar-refractivity contribution in [3.8, 4) is 11.8 Å². The molecule has 0 saturated heterocycles. The maximum absolute atomic E-state index is 3.33. The first-order valence-electron chi connectivity index (χ1n) is 16.1. The van der Waals surface area contributed by atoms with E-state index in [0.29, 0.717) is 0 Å². The lowest BCUT2D eigenvalue weighted by atomic mass is 9.99. The molecule has 0 atom stereocenters. The minimum atomic E-state index is 1.04. The fraction of sp³-hybridized carbons (Fsp3) is 0.286. The molecule has 2 heteroatoms. The molecule has 0 aliphatic carbocycles. The number of benzene rings is 5. The smallest absolute Gasteiger partial charge is 0.0255 e. The second kappa shape index (κ2) is 16.6. The summed E-state index contributed by atoms with van der Waals surface area (Å²) in [6, 6.07) is 33.1. The Balaban J connectivity index is 1.30. The SMILES string of the molecule is CCCCCCCCCCc1ccc2cc(/C=C/c3cc4ccc(C#Cc5ccccc5)cc4cc3SC)c(SC)cc2c1. The van der Waals surface area contributed by atoms with Crippen LogP contribution in [0.1, 0.15) is 86.1 Å². The normalized spacial score (nSPS) is 11.3. The highest BCUT2D eigenvalue weighted by molar-refractivity contribution is 7.99. The predicted octanol–water partition coefficient (Wildman–Crippen LogP) is 12.7. The summed E-state index contributed by atoms with van der Waals surface area (Å²) in [5.74, 6) is 6.61. The zero-order valence-electron chi connectivity index (χ0n) is 26.5. The summed E-state index contributed by atoms with van der Waals surface area (Å²) in [4.78, 5) is 2.60. The molecular weight excluding hydrogens is 569 g/mol. The van der Waals surface area contributed by atoms with Crippen LogP contribution >= 0.6 is 23.5 Å². The average molecular weight is 613 g/mol. The third-order valence-corrected chi connectivity index (χ3v) is 9.92. The molecule has 0 unspecified atom stereocenters. The number of thioether (sulfide) groups is 2. The van der Waals surface area contributed by atoms with Crippen molar-refractivity contribution >= 4 is 57.2 Å². The van der Waals surface area contributed by atoms with Crippen LogP contribution in [0, 0.1) is 11.8 Å². The highest BCUT2D eigenvalue weighted by Crippen LogP contribution is 2.32. The number of fused-ring (bicyclic) bond motifs is 2. The van der Waals surface area contributed by atoms with Gasteiger partial charge in [0, 0.05) is 20.9 Å². The van der Waals surface area contributed by atoms with Crippen molar-refractivity contribution in [3.05, 3.63) is 119 Å². The first kappa shape index (κ1) is 32.0. The van der Waals surface area contributed by atoms with Gasteiger partial charge in [0.2, 0.25) is 0 Å². The molecule has 0 aliphatic heterocycles. The quantitative estimate of drug-likeness (QED) is 0.0561. The van der Waals surface area contributed by atoms with E-state index in [2.05, 4.69) is 104 Å². The van der Waals surface area contributed by atoms with Crippen LogP contribution in [-0.4, -0.2) is 12.5 Å². The van der Waals surface area contributed by atoms with E-state index in [-0.39, 0.29) is 0 Å². The van der Waals surface area contributed by atoms with Crippen LogP contribution in [0.5, 0.6) is 0 Å². The fourth-order valence-corrected chi connectivity index (χ4v) is 7.01. The maximum atomic E-state index is 3.33. The van der Waals surface area contributed by atoms with Gasteiger partial charge in [-0.1, -0.05) is 118 Å². The van der Waals surface area contributed by atoms with Crippen LogP contribution in [-0.2, 0) is 6.42 Å². The standard InChI is InChI=1S/C42H44S2/c1-4-5-6-7-8-9-10-12-17-33-20-22-35-28-37(41(43-2)30-39(35)26-33)24-25-38-29-36-23-21-34(27-40(36)31-42(38)44-3)19-18-32-15-13-11-14-16-32/h11,13-16,20-31H,4-10,12,17H2,1-3H3/b25-24+. The summed E-state index contributed by atoms with van der Waals surface area (Å²) in [7, 11) is 0. The van der Waals surface area contributed by atoms with Gasteiger partial charge in [0.1, 0.15) is 0 Å². The molecule has 0 aromatic heterocycles. The molecule has 0 nitrogen and oxygen atoms in total. The molecule has 0 fully saturated rings. The summed E-state index contributed by atoms with van der Waals surface area (Å²) < 4.78 is 0. The molecule has 0 saturated carbocycles. The van der Waals surface area contributed by atoms with Gasteiger partial charge >= 0.3 is 0 Å². The molecule has 224 valence electrons. The second-order valence-electron chi connectivity index (χ2n) is 11.6. The number of hydrogen-bond donors (Lipinski definition) is 0. The van der Waals surface area contributed by atoms with Crippen molar-refractivity contribution in [2.24, 2.45) is 0 Å². The van der Waals surface area contributed by atoms with E-state index < -0.39 is 0 Å². The highest BCUT2D eigenvalue weighted by atomic mass is 32.2. The topological polar surface area (TPSA) is 0 Å². The summed E-state index contributed by atoms with van der Waals surface area (Å²) in [6.07, 6.45) is 21.1. The molecule has 44 heavy (non-hydrogen) atoms. The third-order valence-electron chi connectivity index (χ3n) is 8.33. The largest absolute Gasteiger partial charge is 0.129 e. The molecule has 5 aromatic carbocycles. The lowest BCUT2D eigenvalue weighted by Gasteiger charge is -2.10. The fourth-order valence-electron chi connectivity index (χ4n) is 5.79. The molecule has 0 radical (unpaired) electrons.